The minimum Gasteiger partial charge on any atom is -0.744 e. The van der Waals surface area contributed by atoms with E-state index in [1.54, 1.807) is 0 Å². The molecule has 0 bridgehead atoms. The van der Waals surface area contributed by atoms with Crippen molar-refractivity contribution in [3.8, 4) is 11.1 Å². The van der Waals surface area contributed by atoms with E-state index < -0.39 is 288 Å². The maximum Gasteiger partial charge on any atom is 1.00 e. The molecule has 0 spiro atoms. The number of benzene rings is 6. The van der Waals surface area contributed by atoms with E-state index in [2.05, 4.69) is 61.8 Å². The summed E-state index contributed by atoms with van der Waals surface area (Å²) in [7, 11) is -29.7. The summed E-state index contributed by atoms with van der Waals surface area (Å²) in [5, 5.41) is 16.5. The summed E-state index contributed by atoms with van der Waals surface area (Å²) in [4.78, 5) is 116. The molecular weight excluding hydrogens is 1720 g/mol. The number of primary amides is 8. The van der Waals surface area contributed by atoms with Crippen LogP contribution in [0.3, 0.4) is 0 Å². The molecule has 120 heavy (non-hydrogen) atoms. The number of nitrogens with two attached hydrogens (primary N) is 8. The molecule has 8 rings (SSSR count). The van der Waals surface area contributed by atoms with E-state index in [1.807, 2.05) is 0 Å². The summed E-state index contributed by atoms with van der Waals surface area (Å²) in [6, 6.07) is 24.9. The van der Waals surface area contributed by atoms with Crippen molar-refractivity contribution in [3.63, 3.8) is 0 Å². The fourth-order valence-electron chi connectivity index (χ4n) is 10.7. The van der Waals surface area contributed by atoms with Crippen LogP contribution in [0.4, 0.5) is 69.8 Å². The van der Waals surface area contributed by atoms with Crippen molar-refractivity contribution in [1.29, 1.82) is 0 Å². The van der Waals surface area contributed by atoms with Gasteiger partial charge in [0.2, 0.25) is 123 Å². The van der Waals surface area contributed by atoms with Crippen LogP contribution in [0.15, 0.2) is 163 Å². The molecule has 8 amide bonds. The van der Waals surface area contributed by atoms with Crippen LogP contribution in [0.1, 0.15) is 51.4 Å². The monoisotopic (exact) mass is 1790 g/mol. The van der Waals surface area contributed by atoms with Gasteiger partial charge in [-0.25, -0.2) is 50.5 Å². The van der Waals surface area contributed by atoms with E-state index in [9.17, 15) is 98.0 Å². The molecule has 0 saturated heterocycles. The Morgan fingerprint density at radius 3 is 0.592 bits per heavy atom. The van der Waals surface area contributed by atoms with Gasteiger partial charge < -0.3 is 86.9 Å². The Bertz CT molecular complexity index is 5260. The number of nitrogens with zero attached hydrogens (tertiary/aromatic N) is 10. The predicted octanol–water partition coefficient (Wildman–Crippen LogP) is -7.03. The molecule has 0 aliphatic heterocycles. The first kappa shape index (κ1) is 98.2. The van der Waals surface area contributed by atoms with Crippen molar-refractivity contribution >= 4 is 177 Å². The molecule has 0 atom stereocenters. The Balaban J connectivity index is 0.0000112. The maximum atomic E-state index is 14.1. The number of hydrogen-bond acceptors (Lipinski definition) is 34. The van der Waals surface area contributed by atoms with Crippen LogP contribution in [0, 0.1) is 0 Å². The molecule has 0 unspecified atom stereocenters. The zero-order valence-corrected chi connectivity index (χ0v) is 72.4. The largest absolute Gasteiger partial charge is 1.00 e. The van der Waals surface area contributed by atoms with Crippen LogP contribution >= 0.6 is 0 Å². The fourth-order valence-corrected chi connectivity index (χ4v) is 18.1. The Morgan fingerprint density at radius 2 is 0.433 bits per heavy atom. The number of sulfonamides is 4. The van der Waals surface area contributed by atoms with Gasteiger partial charge in [0, 0.05) is 149 Å². The number of rotatable bonds is 47. The fraction of sp³-hybridized carbons (Fsp3) is 0.242. The zero-order chi connectivity index (χ0) is 86.8. The van der Waals surface area contributed by atoms with Gasteiger partial charge in [-0.3, -0.25) is 38.4 Å². The smallest absolute Gasteiger partial charge is 0.744 e. The average molecular weight is 1800 g/mol. The minimum atomic E-state index is -5.76. The predicted molar refractivity (Wildman–Crippen MR) is 418 cm³/mol. The van der Waals surface area contributed by atoms with Crippen LogP contribution in [0.5, 0.6) is 0 Å². The molecule has 0 aliphatic carbocycles. The van der Waals surface area contributed by atoms with Crippen LogP contribution in [-0.4, -0.2) is 206 Å². The molecule has 0 fully saturated rings. The normalized spacial score (nSPS) is 11.9. The third-order valence-electron chi connectivity index (χ3n) is 16.3. The first-order valence-corrected chi connectivity index (χ1v) is 42.9. The zero-order valence-electron chi connectivity index (χ0n) is 63.5. The molecular formula is C66H76N24Na2O22S6. The maximum absolute atomic E-state index is 14.1. The number of carbonyl (C=O) groups excluding carboxylic acids is 8. The first-order chi connectivity index (χ1) is 55.3. The van der Waals surface area contributed by atoms with E-state index in [-0.39, 0.29) is 93.2 Å². The minimum absolute atomic E-state index is 0. The Kier molecular flexibility index (Phi) is 34.8. The van der Waals surface area contributed by atoms with Crippen molar-refractivity contribution < 1.29 is 157 Å². The van der Waals surface area contributed by atoms with Crippen molar-refractivity contribution in [2.24, 2.45) is 45.9 Å². The summed E-state index contributed by atoms with van der Waals surface area (Å²) < 4.78 is 196. The number of amides is 8. The second kappa shape index (κ2) is 42.5. The van der Waals surface area contributed by atoms with E-state index in [1.165, 1.54) is 72.8 Å². The first-order valence-electron chi connectivity index (χ1n) is 34.3. The summed E-state index contributed by atoms with van der Waals surface area (Å²) in [5.74, 6) is -9.92. The van der Waals surface area contributed by atoms with Crippen molar-refractivity contribution in [1.82, 2.24) is 47.1 Å². The topological polar surface area (TPSA) is 758 Å². The molecule has 0 saturated carbocycles. The SMILES string of the molecule is NC(=O)CCN(CCC(N)=O)S(=O)(=O)c1cccc(Nc2nc(Nc3cccc(S(=O)(=O)N(CCC(N)=O)CCC(N)=O)c3)nc(Nc3ccc(-c4ccc(Nc5nc(Nc6cccc(S(=O)(=O)N(CCC(N)=O)CCC(N)=O)c6)nc(Nc6cccc(S(=O)(=O)N(CCC(N)=O)CCC(N)=O)c6)n5)cc4S(=O)(=O)[O-])c(S(=O)(=O)[O-])c3)n2)c1.[Na+].[Na+]. The van der Waals surface area contributed by atoms with Crippen molar-refractivity contribution in [3.05, 3.63) is 133 Å². The van der Waals surface area contributed by atoms with E-state index in [0.29, 0.717) is 12.1 Å². The molecule has 6 aromatic carbocycles. The molecule has 2 aromatic heterocycles. The van der Waals surface area contributed by atoms with Gasteiger partial charge in [-0.2, -0.15) is 47.1 Å². The van der Waals surface area contributed by atoms with E-state index >= 15 is 0 Å². The van der Waals surface area contributed by atoms with Crippen LogP contribution in [0.2, 0.25) is 0 Å². The third kappa shape index (κ3) is 28.2. The molecule has 0 aliphatic rings. The Morgan fingerprint density at radius 1 is 0.267 bits per heavy atom. The van der Waals surface area contributed by atoms with Crippen LogP contribution in [-0.2, 0) is 98.7 Å². The molecule has 54 heteroatoms. The Labute approximate surface area is 730 Å². The van der Waals surface area contributed by atoms with Gasteiger partial charge in [-0.15, -0.1) is 0 Å². The molecule has 630 valence electrons. The van der Waals surface area contributed by atoms with Gasteiger partial charge in [-0.05, 0) is 97.1 Å². The molecule has 22 N–H and O–H groups in total. The second-order valence-corrected chi connectivity index (χ2v) is 35.6. The second-order valence-electron chi connectivity index (χ2n) is 25.2. The standard InChI is InChI=1S/C66H78N24O22S6.2Na/c67-53(91)17-25-87(26-18-54(68)92)113(99,100)45-9-1-5-39(33-45)75-61-81-62(76-40-6-2-10-46(34-40)114(101,102)88(27-19-55(69)93)28-20-56(70)94)84-65(83-61)79-43-13-15-49(51(37-43)117(107,108)109)50-16-14-44(38-52(50)118(110,111)112)80-66-85-63(77-41-7-3-11-47(35-41)115(103,104)89(29-21-57(71)95)30-22-58(72)96)82-64(86-66)78-42-8-4-12-48(36-42)116(105,106)90(31-23-59(73)97)32-24-60(74)98;;/h1-16,33-38H,17-32H2,(H2,67,91)(H2,68,92)(H2,69,93)(H2,70,94)(H2,71,95)(H2,72,96)(H2,73,97)(H2,74,98)(H,107,108,109)(H,110,111,112)(H3,75,76,79,81,83,84)(H3,77,78,80,82,85,86);;/q;2*+1/p-2. The number of hydrogen-bond donors (Lipinski definition) is 14. The van der Waals surface area contributed by atoms with Gasteiger partial charge in [0.05, 0.1) is 29.4 Å². The summed E-state index contributed by atoms with van der Waals surface area (Å²) >= 11 is 0. The number of aromatic nitrogens is 6. The average Bonchev–Trinajstić information content (AvgIpc) is 0.764. The van der Waals surface area contributed by atoms with Crippen LogP contribution in [0.25, 0.3) is 11.1 Å². The van der Waals surface area contributed by atoms with Gasteiger partial charge in [0.1, 0.15) is 20.2 Å². The van der Waals surface area contributed by atoms with Gasteiger partial charge in [0.25, 0.3) is 0 Å². The molecule has 8 aromatic rings. The number of anilines is 12. The number of carbonyl (C=O) groups is 8. The Hall–Kier alpha value is -10.6. The van der Waals surface area contributed by atoms with Crippen LogP contribution < -0.4 is 137 Å². The summed E-state index contributed by atoms with van der Waals surface area (Å²) in [6.45, 7) is -3.71. The quantitative estimate of drug-likeness (QED) is 0.0124. The van der Waals surface area contributed by atoms with E-state index in [4.69, 9.17) is 45.9 Å². The molecule has 0 radical (unpaired) electrons. The third-order valence-corrected chi connectivity index (χ3v) is 25.7. The van der Waals surface area contributed by atoms with Gasteiger partial charge >= 0.3 is 59.1 Å². The summed E-state index contributed by atoms with van der Waals surface area (Å²) in [6.07, 6.45) is -3.65. The molecule has 46 nitrogen and oxygen atoms in total. The van der Waals surface area contributed by atoms with Crippen molar-refractivity contribution in [2.75, 3.05) is 84.3 Å². The number of nitrogens with one attached hydrogen (secondary N) is 6. The summed E-state index contributed by atoms with van der Waals surface area (Å²) in [5.41, 5.74) is 40.1. The van der Waals surface area contributed by atoms with Gasteiger partial charge in [-0.1, -0.05) is 36.4 Å². The van der Waals surface area contributed by atoms with Gasteiger partial charge in [0.15, 0.2) is 0 Å². The van der Waals surface area contributed by atoms with Crippen molar-refractivity contribution in [2.45, 2.75) is 80.7 Å². The van der Waals surface area contributed by atoms with E-state index in [0.717, 1.165) is 65.8 Å². The molecule has 2 heterocycles.